The summed E-state index contributed by atoms with van der Waals surface area (Å²) in [7, 11) is 0. The Labute approximate surface area is 220 Å². The zero-order chi connectivity index (χ0) is 25.8. The topological polar surface area (TPSA) is 57.3 Å². The fraction of sp³-hybridized carbons (Fsp3) is 0.643. The van der Waals surface area contributed by atoms with Gasteiger partial charge in [-0.25, -0.2) is 18.2 Å². The minimum absolute atomic E-state index is 0.00847. The SMILES string of the molecule is Cc1nc2c(s1)[C@]1(CNC2)CNC[C@H]1C(=O)N1CC[C@@H](c2ccccc2F)C[C@H]1C1CCC(F)(F)CC1. The zero-order valence-corrected chi connectivity index (χ0v) is 22.1. The molecule has 6 rings (SSSR count). The van der Waals surface area contributed by atoms with Crippen LogP contribution in [0.15, 0.2) is 24.3 Å². The zero-order valence-electron chi connectivity index (χ0n) is 21.2. The van der Waals surface area contributed by atoms with E-state index in [1.807, 2.05) is 24.0 Å². The number of amides is 1. The van der Waals surface area contributed by atoms with Crippen LogP contribution >= 0.6 is 11.3 Å². The molecular formula is C28H35F3N4OS. The maximum atomic E-state index is 14.7. The second-order valence-electron chi connectivity index (χ2n) is 11.5. The first-order valence-electron chi connectivity index (χ1n) is 13.6. The van der Waals surface area contributed by atoms with Crippen molar-refractivity contribution in [2.45, 2.75) is 75.3 Å². The van der Waals surface area contributed by atoms with Crippen LogP contribution in [-0.2, 0) is 16.8 Å². The smallest absolute Gasteiger partial charge is 0.248 e. The number of thiazole rings is 1. The van der Waals surface area contributed by atoms with Gasteiger partial charge in [-0.15, -0.1) is 11.3 Å². The van der Waals surface area contributed by atoms with Crippen LogP contribution in [0.25, 0.3) is 0 Å². The van der Waals surface area contributed by atoms with Crippen LogP contribution in [0.4, 0.5) is 13.2 Å². The van der Waals surface area contributed by atoms with E-state index in [-0.39, 0.29) is 53.8 Å². The number of nitrogens with one attached hydrogen (secondary N) is 2. The molecule has 4 atom stereocenters. The number of aryl methyl sites for hydroxylation is 1. The van der Waals surface area contributed by atoms with Gasteiger partial charge in [0.15, 0.2) is 0 Å². The molecular weight excluding hydrogens is 497 g/mol. The van der Waals surface area contributed by atoms with Gasteiger partial charge in [0, 0.05) is 61.9 Å². The summed E-state index contributed by atoms with van der Waals surface area (Å²) in [5.74, 6) is -2.98. The molecule has 1 aliphatic carbocycles. The number of hydrogen-bond donors (Lipinski definition) is 2. The largest absolute Gasteiger partial charge is 0.339 e. The molecule has 1 amide bonds. The summed E-state index contributed by atoms with van der Waals surface area (Å²) in [5, 5.41) is 8.01. The standard InChI is InChI=1S/C28H35F3N4OS/c1-17-34-23-14-33-16-27(25(23)37-17)15-32-13-21(27)26(36)35-11-8-19(20-4-2-3-5-22(20)29)12-24(35)18-6-9-28(30,31)10-7-18/h2-5,18-19,21,24,32-33H,6-16H2,1H3/t19-,21+,24+,27+/m1/s1. The fourth-order valence-corrected chi connectivity index (χ4v) is 8.60. The van der Waals surface area contributed by atoms with Crippen molar-refractivity contribution in [2.24, 2.45) is 11.8 Å². The maximum Gasteiger partial charge on any atom is 0.248 e. The Hall–Kier alpha value is -1.97. The molecule has 1 spiro atoms. The van der Waals surface area contributed by atoms with Crippen molar-refractivity contribution in [1.82, 2.24) is 20.5 Å². The van der Waals surface area contributed by atoms with Crippen molar-refractivity contribution in [3.8, 4) is 0 Å². The maximum absolute atomic E-state index is 14.7. The average molecular weight is 533 g/mol. The summed E-state index contributed by atoms with van der Waals surface area (Å²) < 4.78 is 42.9. The Morgan fingerprint density at radius 2 is 1.89 bits per heavy atom. The van der Waals surface area contributed by atoms with Crippen LogP contribution in [0, 0.1) is 24.6 Å². The molecule has 0 bridgehead atoms. The van der Waals surface area contributed by atoms with Gasteiger partial charge in [0.25, 0.3) is 0 Å². The molecule has 2 aromatic rings. The monoisotopic (exact) mass is 532 g/mol. The molecule has 9 heteroatoms. The van der Waals surface area contributed by atoms with E-state index in [1.54, 1.807) is 17.4 Å². The number of halogens is 3. The number of nitrogens with zero attached hydrogens (tertiary/aromatic N) is 2. The average Bonchev–Trinajstić information content (AvgIpc) is 3.48. The van der Waals surface area contributed by atoms with Crippen molar-refractivity contribution in [2.75, 3.05) is 26.2 Å². The van der Waals surface area contributed by atoms with Crippen LogP contribution in [-0.4, -0.2) is 53.9 Å². The number of rotatable bonds is 3. The molecule has 200 valence electrons. The van der Waals surface area contributed by atoms with Gasteiger partial charge >= 0.3 is 0 Å². The van der Waals surface area contributed by atoms with E-state index in [9.17, 15) is 18.0 Å². The van der Waals surface area contributed by atoms with Crippen LogP contribution in [0.5, 0.6) is 0 Å². The van der Waals surface area contributed by atoms with E-state index in [0.29, 0.717) is 44.3 Å². The molecule has 3 aliphatic heterocycles. The summed E-state index contributed by atoms with van der Waals surface area (Å²) in [6.45, 7) is 5.30. The Balaban J connectivity index is 1.30. The van der Waals surface area contributed by atoms with Crippen molar-refractivity contribution in [3.05, 3.63) is 51.2 Å². The van der Waals surface area contributed by atoms with E-state index >= 15 is 0 Å². The fourth-order valence-electron chi connectivity index (χ4n) is 7.42. The molecule has 0 radical (unpaired) electrons. The number of aromatic nitrogens is 1. The Morgan fingerprint density at radius 1 is 1.14 bits per heavy atom. The number of benzene rings is 1. The minimum atomic E-state index is -2.63. The Bertz CT molecular complexity index is 1160. The quantitative estimate of drug-likeness (QED) is 0.599. The molecule has 37 heavy (non-hydrogen) atoms. The van der Waals surface area contributed by atoms with Gasteiger partial charge in [-0.05, 0) is 56.1 Å². The van der Waals surface area contributed by atoms with E-state index < -0.39 is 5.92 Å². The molecule has 1 aromatic heterocycles. The lowest BCUT2D eigenvalue weighted by Gasteiger charge is -2.48. The number of alkyl halides is 2. The predicted molar refractivity (Wildman–Crippen MR) is 137 cm³/mol. The number of carbonyl (C=O) groups excluding carboxylic acids is 1. The summed E-state index contributed by atoms with van der Waals surface area (Å²) in [6.07, 6.45) is 1.84. The first-order valence-corrected chi connectivity index (χ1v) is 14.4. The molecule has 5 nitrogen and oxygen atoms in total. The molecule has 4 heterocycles. The number of hydrogen-bond acceptors (Lipinski definition) is 5. The van der Waals surface area contributed by atoms with Crippen molar-refractivity contribution in [1.29, 1.82) is 0 Å². The third-order valence-electron chi connectivity index (χ3n) is 9.32. The van der Waals surface area contributed by atoms with Gasteiger partial charge in [0.05, 0.1) is 16.6 Å². The molecule has 0 unspecified atom stereocenters. The third kappa shape index (κ3) is 4.51. The summed E-state index contributed by atoms with van der Waals surface area (Å²) in [6, 6.07) is 6.71. The Morgan fingerprint density at radius 3 is 2.68 bits per heavy atom. The number of likely N-dealkylation sites (tertiary alicyclic amines) is 1. The lowest BCUT2D eigenvalue weighted by molar-refractivity contribution is -0.143. The highest BCUT2D eigenvalue weighted by atomic mass is 32.1. The van der Waals surface area contributed by atoms with Gasteiger partial charge in [-0.3, -0.25) is 4.79 Å². The third-order valence-corrected chi connectivity index (χ3v) is 10.6. The van der Waals surface area contributed by atoms with E-state index in [2.05, 4.69) is 10.6 Å². The highest BCUT2D eigenvalue weighted by Gasteiger charge is 2.54. The van der Waals surface area contributed by atoms with Gasteiger partial charge < -0.3 is 15.5 Å². The van der Waals surface area contributed by atoms with Crippen molar-refractivity contribution >= 4 is 17.2 Å². The molecule has 2 N–H and O–H groups in total. The van der Waals surface area contributed by atoms with Crippen LogP contribution in [0.2, 0.25) is 0 Å². The summed E-state index contributed by atoms with van der Waals surface area (Å²) in [4.78, 5) is 22.3. The molecule has 4 aliphatic rings. The molecule has 1 saturated carbocycles. The van der Waals surface area contributed by atoms with Crippen LogP contribution in [0.3, 0.4) is 0 Å². The van der Waals surface area contributed by atoms with Gasteiger partial charge in [0.1, 0.15) is 5.82 Å². The highest BCUT2D eigenvalue weighted by molar-refractivity contribution is 7.11. The summed E-state index contributed by atoms with van der Waals surface area (Å²) in [5.41, 5.74) is 1.38. The normalized spacial score (nSPS) is 32.0. The lowest BCUT2D eigenvalue weighted by Crippen LogP contribution is -2.57. The number of fused-ring (bicyclic) bond motifs is 2. The van der Waals surface area contributed by atoms with Crippen LogP contribution < -0.4 is 10.6 Å². The van der Waals surface area contributed by atoms with E-state index in [1.165, 1.54) is 10.9 Å². The molecule has 3 fully saturated rings. The molecule has 2 saturated heterocycles. The Kier molecular flexibility index (Phi) is 6.60. The first kappa shape index (κ1) is 25.3. The van der Waals surface area contributed by atoms with E-state index in [4.69, 9.17) is 4.98 Å². The lowest BCUT2D eigenvalue weighted by atomic mass is 9.71. The summed E-state index contributed by atoms with van der Waals surface area (Å²) >= 11 is 1.70. The van der Waals surface area contributed by atoms with Gasteiger partial charge in [-0.1, -0.05) is 18.2 Å². The second-order valence-corrected chi connectivity index (χ2v) is 12.7. The van der Waals surface area contributed by atoms with Crippen LogP contribution in [0.1, 0.15) is 65.6 Å². The number of piperidine rings is 1. The molecule has 1 aromatic carbocycles. The minimum Gasteiger partial charge on any atom is -0.339 e. The first-order chi connectivity index (χ1) is 17.8. The van der Waals surface area contributed by atoms with Gasteiger partial charge in [-0.2, -0.15) is 0 Å². The second kappa shape index (κ2) is 9.65. The highest BCUT2D eigenvalue weighted by Crippen LogP contribution is 2.47. The predicted octanol–water partition coefficient (Wildman–Crippen LogP) is 4.75. The number of carbonyl (C=O) groups is 1. The van der Waals surface area contributed by atoms with E-state index in [0.717, 1.165) is 30.3 Å². The van der Waals surface area contributed by atoms with Gasteiger partial charge in [0.2, 0.25) is 11.8 Å². The van der Waals surface area contributed by atoms with Crippen molar-refractivity contribution < 1.29 is 18.0 Å². The van der Waals surface area contributed by atoms with Crippen molar-refractivity contribution in [3.63, 3.8) is 0 Å².